The van der Waals surface area contributed by atoms with Gasteiger partial charge in [-0.1, -0.05) is 29.8 Å². The molecule has 3 N–H and O–H groups in total. The van der Waals surface area contributed by atoms with Gasteiger partial charge in [0.2, 0.25) is 5.91 Å². The summed E-state index contributed by atoms with van der Waals surface area (Å²) >= 11 is 6.05. The lowest BCUT2D eigenvalue weighted by Gasteiger charge is -2.06. The molecule has 0 aliphatic rings. The zero-order valence-electron chi connectivity index (χ0n) is 13.1. The maximum Gasteiger partial charge on any atom is 0.255 e. The number of benzene rings is 2. The van der Waals surface area contributed by atoms with Gasteiger partial charge in [-0.25, -0.2) is 0 Å². The van der Waals surface area contributed by atoms with E-state index in [0.717, 1.165) is 11.1 Å². The third-order valence-electron chi connectivity index (χ3n) is 3.11. The number of primary amides is 1. The third kappa shape index (κ3) is 5.44. The Kier molecular flexibility index (Phi) is 5.98. The van der Waals surface area contributed by atoms with Gasteiger partial charge in [-0.05, 0) is 42.3 Å². The van der Waals surface area contributed by atoms with E-state index in [1.54, 1.807) is 36.4 Å². The van der Waals surface area contributed by atoms with Gasteiger partial charge in [0.25, 0.3) is 5.91 Å². The van der Waals surface area contributed by atoms with Crippen LogP contribution in [0.5, 0.6) is 5.75 Å². The highest BCUT2D eigenvalue weighted by Gasteiger charge is 2.02. The van der Waals surface area contributed by atoms with Crippen molar-refractivity contribution >= 4 is 35.2 Å². The first-order valence-corrected chi connectivity index (χ1v) is 7.58. The van der Waals surface area contributed by atoms with Crippen LogP contribution in [0.3, 0.4) is 0 Å². The Hall–Kier alpha value is -2.79. The van der Waals surface area contributed by atoms with Crippen LogP contribution in [-0.4, -0.2) is 18.4 Å². The van der Waals surface area contributed by atoms with Crippen LogP contribution >= 0.6 is 11.6 Å². The van der Waals surface area contributed by atoms with Crippen molar-refractivity contribution in [3.63, 3.8) is 0 Å². The van der Waals surface area contributed by atoms with Crippen LogP contribution in [0.15, 0.2) is 48.5 Å². The molecule has 0 bridgehead atoms. The zero-order chi connectivity index (χ0) is 17.5. The molecular formula is C18H17ClN2O3. The van der Waals surface area contributed by atoms with E-state index < -0.39 is 5.91 Å². The molecule has 24 heavy (non-hydrogen) atoms. The number of nitrogens with one attached hydrogen (secondary N) is 1. The fraction of sp³-hybridized carbons (Fsp3) is 0.111. The summed E-state index contributed by atoms with van der Waals surface area (Å²) in [5, 5.41) is 3.36. The number of rotatable bonds is 6. The van der Waals surface area contributed by atoms with Crippen LogP contribution in [0.4, 0.5) is 5.69 Å². The summed E-state index contributed by atoms with van der Waals surface area (Å²) in [7, 11) is 0. The fourth-order valence-corrected chi connectivity index (χ4v) is 2.08. The summed E-state index contributed by atoms with van der Waals surface area (Å²) in [5.74, 6) is -0.413. The molecule has 0 aliphatic heterocycles. The number of ether oxygens (including phenoxy) is 1. The Bertz CT molecular complexity index is 788. The summed E-state index contributed by atoms with van der Waals surface area (Å²) in [5.41, 5.74) is 7.38. The lowest BCUT2D eigenvalue weighted by Crippen LogP contribution is -2.20. The van der Waals surface area contributed by atoms with Gasteiger partial charge in [0.1, 0.15) is 5.75 Å². The topological polar surface area (TPSA) is 81.4 Å². The van der Waals surface area contributed by atoms with Crippen LogP contribution in [0.2, 0.25) is 5.02 Å². The predicted molar refractivity (Wildman–Crippen MR) is 95.0 cm³/mol. The van der Waals surface area contributed by atoms with E-state index >= 15 is 0 Å². The Labute approximate surface area is 145 Å². The molecule has 2 amide bonds. The van der Waals surface area contributed by atoms with Crippen LogP contribution < -0.4 is 15.8 Å². The summed E-state index contributed by atoms with van der Waals surface area (Å²) in [4.78, 5) is 22.7. The molecule has 0 aliphatic carbocycles. The number of amides is 2. The van der Waals surface area contributed by atoms with Crippen LogP contribution in [-0.2, 0) is 9.59 Å². The number of hydrogen-bond donors (Lipinski definition) is 2. The van der Waals surface area contributed by atoms with Gasteiger partial charge in [-0.2, -0.15) is 0 Å². The van der Waals surface area contributed by atoms with E-state index in [1.165, 1.54) is 6.08 Å². The van der Waals surface area contributed by atoms with Crippen molar-refractivity contribution in [3.05, 3.63) is 64.7 Å². The van der Waals surface area contributed by atoms with Gasteiger partial charge in [0.15, 0.2) is 6.61 Å². The molecule has 0 aromatic heterocycles. The van der Waals surface area contributed by atoms with Gasteiger partial charge < -0.3 is 15.8 Å². The van der Waals surface area contributed by atoms with Crippen molar-refractivity contribution in [2.24, 2.45) is 5.73 Å². The second kappa shape index (κ2) is 8.17. The number of carbonyl (C=O) groups excluding carboxylic acids is 2. The van der Waals surface area contributed by atoms with E-state index in [0.29, 0.717) is 16.5 Å². The van der Waals surface area contributed by atoms with Crippen molar-refractivity contribution < 1.29 is 14.3 Å². The van der Waals surface area contributed by atoms with Gasteiger partial charge in [0, 0.05) is 22.9 Å². The maximum absolute atomic E-state index is 12.0. The van der Waals surface area contributed by atoms with Crippen molar-refractivity contribution in [3.8, 4) is 5.75 Å². The first-order valence-electron chi connectivity index (χ1n) is 7.20. The SMILES string of the molecule is Cc1ccc(/C=C/C(=O)Nc2cccc(OCC(N)=O)c2)cc1Cl. The molecule has 5 nitrogen and oxygen atoms in total. The zero-order valence-corrected chi connectivity index (χ0v) is 13.8. The average Bonchev–Trinajstić information content (AvgIpc) is 2.54. The number of halogens is 1. The molecule has 6 heteroatoms. The molecule has 0 atom stereocenters. The Balaban J connectivity index is 1.98. The minimum absolute atomic E-state index is 0.217. The second-order valence-electron chi connectivity index (χ2n) is 5.11. The second-order valence-corrected chi connectivity index (χ2v) is 5.52. The molecule has 0 saturated heterocycles. The summed E-state index contributed by atoms with van der Waals surface area (Å²) in [6.45, 7) is 1.70. The van der Waals surface area contributed by atoms with E-state index in [-0.39, 0.29) is 12.5 Å². The molecule has 0 fully saturated rings. The highest BCUT2D eigenvalue weighted by atomic mass is 35.5. The minimum atomic E-state index is -0.566. The summed E-state index contributed by atoms with van der Waals surface area (Å²) in [6.07, 6.45) is 3.09. The predicted octanol–water partition coefficient (Wildman–Crippen LogP) is 3.16. The normalized spacial score (nSPS) is 10.6. The molecule has 2 aromatic carbocycles. The van der Waals surface area contributed by atoms with Crippen molar-refractivity contribution in [2.75, 3.05) is 11.9 Å². The van der Waals surface area contributed by atoms with Crippen LogP contribution in [0, 0.1) is 6.92 Å². The highest BCUT2D eigenvalue weighted by Crippen LogP contribution is 2.19. The lowest BCUT2D eigenvalue weighted by molar-refractivity contribution is -0.120. The lowest BCUT2D eigenvalue weighted by atomic mass is 10.1. The van der Waals surface area contributed by atoms with Gasteiger partial charge >= 0.3 is 0 Å². The van der Waals surface area contributed by atoms with E-state index in [2.05, 4.69) is 5.32 Å². The number of hydrogen-bond acceptors (Lipinski definition) is 3. The average molecular weight is 345 g/mol. The molecule has 0 radical (unpaired) electrons. The van der Waals surface area contributed by atoms with E-state index in [1.807, 2.05) is 19.1 Å². The van der Waals surface area contributed by atoms with Crippen LogP contribution in [0.1, 0.15) is 11.1 Å². The summed E-state index contributed by atoms with van der Waals surface area (Å²) < 4.78 is 5.18. The minimum Gasteiger partial charge on any atom is -0.484 e. The van der Waals surface area contributed by atoms with Crippen molar-refractivity contribution in [1.82, 2.24) is 0 Å². The Morgan fingerprint density at radius 3 is 2.75 bits per heavy atom. The Morgan fingerprint density at radius 1 is 1.25 bits per heavy atom. The molecule has 2 aromatic rings. The maximum atomic E-state index is 12.0. The van der Waals surface area contributed by atoms with Gasteiger partial charge in [0.05, 0.1) is 0 Å². The standard InChI is InChI=1S/C18H17ClN2O3/c1-12-5-6-13(9-16(12)19)7-8-18(23)21-14-3-2-4-15(10-14)24-11-17(20)22/h2-10H,11H2,1H3,(H2,20,22)(H,21,23)/b8-7+. The summed E-state index contributed by atoms with van der Waals surface area (Å²) in [6, 6.07) is 12.3. The first kappa shape index (κ1) is 17.6. The largest absolute Gasteiger partial charge is 0.484 e. The van der Waals surface area contributed by atoms with E-state index in [4.69, 9.17) is 22.1 Å². The molecule has 0 spiro atoms. The van der Waals surface area contributed by atoms with Crippen molar-refractivity contribution in [2.45, 2.75) is 6.92 Å². The number of carbonyl (C=O) groups is 2. The third-order valence-corrected chi connectivity index (χ3v) is 3.51. The van der Waals surface area contributed by atoms with Crippen LogP contribution in [0.25, 0.3) is 6.08 Å². The quantitative estimate of drug-likeness (QED) is 0.790. The molecule has 2 rings (SSSR count). The fourth-order valence-electron chi connectivity index (χ4n) is 1.89. The number of anilines is 1. The smallest absolute Gasteiger partial charge is 0.255 e. The molecular weight excluding hydrogens is 328 g/mol. The number of aryl methyl sites for hydroxylation is 1. The molecule has 124 valence electrons. The molecule has 0 saturated carbocycles. The Morgan fingerprint density at radius 2 is 2.04 bits per heavy atom. The molecule has 0 heterocycles. The van der Waals surface area contributed by atoms with Crippen molar-refractivity contribution in [1.29, 1.82) is 0 Å². The van der Waals surface area contributed by atoms with E-state index in [9.17, 15) is 9.59 Å². The first-order chi connectivity index (χ1) is 11.4. The van der Waals surface area contributed by atoms with Gasteiger partial charge in [-0.3, -0.25) is 9.59 Å². The van der Waals surface area contributed by atoms with Gasteiger partial charge in [-0.15, -0.1) is 0 Å². The highest BCUT2D eigenvalue weighted by molar-refractivity contribution is 6.31. The number of nitrogens with two attached hydrogens (primary N) is 1. The molecule has 0 unspecified atom stereocenters. The monoisotopic (exact) mass is 344 g/mol.